The summed E-state index contributed by atoms with van der Waals surface area (Å²) in [5.41, 5.74) is 0.538. The van der Waals surface area contributed by atoms with E-state index in [1.807, 2.05) is 0 Å². The molecule has 0 spiro atoms. The molecule has 0 heterocycles. The Kier molecular flexibility index (Phi) is 4.37. The molecular weight excluding hydrogens is 234 g/mol. The summed E-state index contributed by atoms with van der Waals surface area (Å²) in [6, 6.07) is 2.93. The molecule has 5 nitrogen and oxygen atoms in total. The molecule has 1 aromatic rings. The minimum Gasteiger partial charge on any atom is -0.493 e. The van der Waals surface area contributed by atoms with Gasteiger partial charge in [-0.1, -0.05) is 0 Å². The van der Waals surface area contributed by atoms with E-state index in [1.165, 1.54) is 20.3 Å². The Morgan fingerprint density at radius 3 is 2.31 bits per heavy atom. The van der Waals surface area contributed by atoms with Crippen LogP contribution in [0.15, 0.2) is 12.1 Å². The van der Waals surface area contributed by atoms with E-state index >= 15 is 0 Å². The average molecular weight is 246 g/mol. The van der Waals surface area contributed by atoms with Gasteiger partial charge in [0.25, 0.3) is 5.69 Å². The minimum absolute atomic E-state index is 0.00157. The van der Waals surface area contributed by atoms with Gasteiger partial charge in [-0.2, -0.15) is 0 Å². The third-order valence-corrected chi connectivity index (χ3v) is 2.33. The van der Waals surface area contributed by atoms with Crippen molar-refractivity contribution in [2.45, 2.75) is 6.42 Å². The van der Waals surface area contributed by atoms with Gasteiger partial charge < -0.3 is 9.47 Å². The Morgan fingerprint density at radius 2 is 1.88 bits per heavy atom. The Hall–Kier alpha value is -1.49. The topological polar surface area (TPSA) is 61.6 Å². The second-order valence-corrected chi connectivity index (χ2v) is 3.41. The molecule has 0 aromatic heterocycles. The number of ether oxygens (including phenoxy) is 2. The molecule has 0 saturated carbocycles. The number of nitro benzene ring substituents is 1. The monoisotopic (exact) mass is 245 g/mol. The number of hydrogen-bond acceptors (Lipinski definition) is 4. The van der Waals surface area contributed by atoms with Gasteiger partial charge in [0.15, 0.2) is 11.5 Å². The van der Waals surface area contributed by atoms with Crippen LogP contribution in [0.3, 0.4) is 0 Å². The SMILES string of the molecule is COc1cc(CCCl)c([N+](=O)[O-])cc1OC. The highest BCUT2D eigenvalue weighted by atomic mass is 35.5. The van der Waals surface area contributed by atoms with E-state index < -0.39 is 4.92 Å². The molecule has 0 atom stereocenters. The van der Waals surface area contributed by atoms with Gasteiger partial charge in [-0.25, -0.2) is 0 Å². The highest BCUT2D eigenvalue weighted by Crippen LogP contribution is 2.34. The maximum atomic E-state index is 10.8. The Bertz CT molecular complexity index is 395. The number of aryl methyl sites for hydroxylation is 1. The fraction of sp³-hybridized carbons (Fsp3) is 0.400. The van der Waals surface area contributed by atoms with Gasteiger partial charge in [-0.3, -0.25) is 10.1 Å². The molecule has 88 valence electrons. The van der Waals surface area contributed by atoms with Gasteiger partial charge in [0.05, 0.1) is 25.2 Å². The van der Waals surface area contributed by atoms with Gasteiger partial charge >= 0.3 is 0 Å². The molecule has 0 aliphatic rings. The number of rotatable bonds is 5. The van der Waals surface area contributed by atoms with Crippen molar-refractivity contribution in [3.8, 4) is 11.5 Å². The summed E-state index contributed by atoms with van der Waals surface area (Å²) in [4.78, 5) is 10.4. The van der Waals surface area contributed by atoms with E-state index in [-0.39, 0.29) is 5.69 Å². The van der Waals surface area contributed by atoms with Crippen LogP contribution in [0.25, 0.3) is 0 Å². The van der Waals surface area contributed by atoms with E-state index in [2.05, 4.69) is 0 Å². The smallest absolute Gasteiger partial charge is 0.276 e. The largest absolute Gasteiger partial charge is 0.493 e. The summed E-state index contributed by atoms with van der Waals surface area (Å²) in [5, 5.41) is 10.8. The maximum absolute atomic E-state index is 10.8. The maximum Gasteiger partial charge on any atom is 0.276 e. The molecule has 0 aliphatic carbocycles. The third-order valence-electron chi connectivity index (χ3n) is 2.15. The van der Waals surface area contributed by atoms with Crippen LogP contribution in [0.4, 0.5) is 5.69 Å². The number of nitro groups is 1. The van der Waals surface area contributed by atoms with Gasteiger partial charge in [-0.15, -0.1) is 11.6 Å². The molecule has 1 rings (SSSR count). The first-order valence-corrected chi connectivity index (χ1v) is 5.12. The second kappa shape index (κ2) is 5.55. The van der Waals surface area contributed by atoms with E-state index in [4.69, 9.17) is 21.1 Å². The first-order valence-electron chi connectivity index (χ1n) is 4.59. The van der Waals surface area contributed by atoms with Crippen molar-refractivity contribution >= 4 is 17.3 Å². The van der Waals surface area contributed by atoms with Crippen LogP contribution in [-0.4, -0.2) is 25.0 Å². The lowest BCUT2D eigenvalue weighted by Gasteiger charge is -2.09. The molecule has 1 aromatic carbocycles. The number of methoxy groups -OCH3 is 2. The molecule has 0 amide bonds. The summed E-state index contributed by atoms with van der Waals surface area (Å²) in [5.74, 6) is 1.12. The Labute approximate surface area is 98.1 Å². The average Bonchev–Trinajstić information content (AvgIpc) is 2.28. The second-order valence-electron chi connectivity index (χ2n) is 3.03. The van der Waals surface area contributed by atoms with E-state index in [0.29, 0.717) is 29.4 Å². The predicted octanol–water partition coefficient (Wildman–Crippen LogP) is 2.39. The molecule has 16 heavy (non-hydrogen) atoms. The fourth-order valence-electron chi connectivity index (χ4n) is 1.38. The number of hydrogen-bond donors (Lipinski definition) is 0. The number of alkyl halides is 1. The summed E-state index contributed by atoms with van der Waals surface area (Å²) < 4.78 is 10.1. The molecule has 0 radical (unpaired) electrons. The van der Waals surface area contributed by atoms with Gasteiger partial charge in [0.2, 0.25) is 0 Å². The first kappa shape index (κ1) is 12.6. The molecule has 6 heteroatoms. The summed E-state index contributed by atoms with van der Waals surface area (Å²) in [7, 11) is 2.91. The van der Waals surface area contributed by atoms with Crippen LogP contribution in [-0.2, 0) is 6.42 Å². The summed E-state index contributed by atoms with van der Waals surface area (Å²) >= 11 is 5.59. The normalized spacial score (nSPS) is 9.94. The lowest BCUT2D eigenvalue weighted by Crippen LogP contribution is -2.00. The van der Waals surface area contributed by atoms with Crippen molar-refractivity contribution in [1.29, 1.82) is 0 Å². The van der Waals surface area contributed by atoms with Gasteiger partial charge in [0.1, 0.15) is 0 Å². The molecular formula is C10H12ClNO4. The summed E-state index contributed by atoms with van der Waals surface area (Å²) in [6.45, 7) is 0. The van der Waals surface area contributed by atoms with Crippen molar-refractivity contribution in [3.05, 3.63) is 27.8 Å². The Balaban J connectivity index is 3.29. The molecule has 0 aliphatic heterocycles. The third kappa shape index (κ3) is 2.55. The van der Waals surface area contributed by atoms with E-state index in [1.54, 1.807) is 6.07 Å². The minimum atomic E-state index is -0.455. The van der Waals surface area contributed by atoms with Crippen LogP contribution >= 0.6 is 11.6 Å². The van der Waals surface area contributed by atoms with Crippen LogP contribution in [0.5, 0.6) is 11.5 Å². The molecule has 0 unspecified atom stereocenters. The zero-order chi connectivity index (χ0) is 12.1. The number of benzene rings is 1. The first-order chi connectivity index (χ1) is 7.63. The zero-order valence-electron chi connectivity index (χ0n) is 9.03. The Morgan fingerprint density at radius 1 is 1.31 bits per heavy atom. The molecule has 0 bridgehead atoms. The zero-order valence-corrected chi connectivity index (χ0v) is 9.78. The van der Waals surface area contributed by atoms with Crippen molar-refractivity contribution < 1.29 is 14.4 Å². The molecule has 0 saturated heterocycles. The van der Waals surface area contributed by atoms with Crippen molar-refractivity contribution in [2.24, 2.45) is 0 Å². The number of halogens is 1. The lowest BCUT2D eigenvalue weighted by atomic mass is 10.1. The predicted molar refractivity (Wildman–Crippen MR) is 60.6 cm³/mol. The highest BCUT2D eigenvalue weighted by molar-refractivity contribution is 6.18. The van der Waals surface area contributed by atoms with Gasteiger partial charge in [-0.05, 0) is 12.5 Å². The van der Waals surface area contributed by atoms with Crippen LogP contribution in [0.1, 0.15) is 5.56 Å². The van der Waals surface area contributed by atoms with Crippen LogP contribution in [0, 0.1) is 10.1 Å². The molecule has 0 N–H and O–H groups in total. The quantitative estimate of drug-likeness (QED) is 0.454. The highest BCUT2D eigenvalue weighted by Gasteiger charge is 2.18. The van der Waals surface area contributed by atoms with E-state index in [9.17, 15) is 10.1 Å². The van der Waals surface area contributed by atoms with Crippen molar-refractivity contribution in [3.63, 3.8) is 0 Å². The fourth-order valence-corrected chi connectivity index (χ4v) is 1.59. The lowest BCUT2D eigenvalue weighted by molar-refractivity contribution is -0.385. The standard InChI is InChI=1S/C10H12ClNO4/c1-15-9-5-7(3-4-11)8(12(13)14)6-10(9)16-2/h5-6H,3-4H2,1-2H3. The van der Waals surface area contributed by atoms with Crippen LogP contribution < -0.4 is 9.47 Å². The van der Waals surface area contributed by atoms with Crippen LogP contribution in [0.2, 0.25) is 0 Å². The number of nitrogens with zero attached hydrogens (tertiary/aromatic N) is 1. The molecule has 0 fully saturated rings. The van der Waals surface area contributed by atoms with Crippen molar-refractivity contribution in [1.82, 2.24) is 0 Å². The summed E-state index contributed by atoms with van der Waals surface area (Å²) in [6.07, 6.45) is 0.415. The van der Waals surface area contributed by atoms with Gasteiger partial charge in [0, 0.05) is 11.4 Å². The van der Waals surface area contributed by atoms with Crippen molar-refractivity contribution in [2.75, 3.05) is 20.1 Å². The van der Waals surface area contributed by atoms with E-state index in [0.717, 1.165) is 0 Å².